The van der Waals surface area contributed by atoms with Crippen molar-refractivity contribution in [3.8, 4) is 23.6 Å². The molecule has 0 spiro atoms. The first kappa shape index (κ1) is 18.3. The number of halogens is 4. The van der Waals surface area contributed by atoms with E-state index in [0.29, 0.717) is 11.4 Å². The predicted molar refractivity (Wildman–Crippen MR) is 92.6 cm³/mol. The van der Waals surface area contributed by atoms with Gasteiger partial charge in [-0.1, -0.05) is 23.6 Å². The summed E-state index contributed by atoms with van der Waals surface area (Å²) in [5.74, 6) is 0.0420. The number of pyridine rings is 1. The molecule has 4 rings (SSSR count). The number of nitrogens with zero attached hydrogens (tertiary/aromatic N) is 2. The van der Waals surface area contributed by atoms with Crippen LogP contribution < -0.4 is 0 Å². The van der Waals surface area contributed by atoms with E-state index in [4.69, 9.17) is 18.0 Å². The van der Waals surface area contributed by atoms with Gasteiger partial charge in [0.25, 0.3) is 0 Å². The van der Waals surface area contributed by atoms with Gasteiger partial charge in [-0.2, -0.15) is 13.2 Å². The number of terminal acetylenes is 1. The number of rotatable bonds is 0. The number of carbonyl (C=O) groups is 1. The number of aromatic nitrogens is 1. The van der Waals surface area contributed by atoms with Gasteiger partial charge in [-0.25, -0.2) is 0 Å². The van der Waals surface area contributed by atoms with Crippen LogP contribution in [0.4, 0.5) is 13.2 Å². The van der Waals surface area contributed by atoms with E-state index < -0.39 is 18.0 Å². The molecule has 26 heavy (non-hydrogen) atoms. The van der Waals surface area contributed by atoms with Crippen molar-refractivity contribution < 1.29 is 18.0 Å². The quantitative estimate of drug-likeness (QED) is 0.553. The highest BCUT2D eigenvalue weighted by molar-refractivity contribution is 6.30. The Hall–Kier alpha value is -2.52. The van der Waals surface area contributed by atoms with Crippen LogP contribution in [0.25, 0.3) is 11.3 Å². The molecule has 1 amide bonds. The first-order chi connectivity index (χ1) is 12.3. The zero-order valence-electron chi connectivity index (χ0n) is 13.6. The van der Waals surface area contributed by atoms with Gasteiger partial charge in [0.1, 0.15) is 0 Å². The lowest BCUT2D eigenvalue weighted by Crippen LogP contribution is -2.43. The van der Waals surface area contributed by atoms with Crippen LogP contribution in [0.15, 0.2) is 36.5 Å². The molecule has 1 unspecified atom stereocenters. The highest BCUT2D eigenvalue weighted by atomic mass is 35.5. The third kappa shape index (κ3) is 3.68. The number of alkyl halides is 3. The van der Waals surface area contributed by atoms with E-state index in [1.54, 1.807) is 18.2 Å². The van der Waals surface area contributed by atoms with Crippen molar-refractivity contribution in [2.75, 3.05) is 13.1 Å². The Morgan fingerprint density at radius 1 is 1.31 bits per heavy atom. The third-order valence-electron chi connectivity index (χ3n) is 4.32. The fraction of sp³-hybridized carbons (Fsp3) is 0.263. The fourth-order valence-electron chi connectivity index (χ4n) is 2.86. The molecule has 3 nitrogen and oxygen atoms in total. The van der Waals surface area contributed by atoms with Crippen molar-refractivity contribution in [1.29, 1.82) is 0 Å². The van der Waals surface area contributed by atoms with Crippen molar-refractivity contribution >= 4 is 17.5 Å². The summed E-state index contributed by atoms with van der Waals surface area (Å²) >= 11 is 5.88. The zero-order valence-corrected chi connectivity index (χ0v) is 14.3. The molecular weight excluding hydrogens is 365 g/mol. The highest BCUT2D eigenvalue weighted by Gasteiger charge is 2.43. The second kappa shape index (κ2) is 7.00. The van der Waals surface area contributed by atoms with Crippen LogP contribution in [0.3, 0.4) is 0 Å². The normalized spacial score (nSPS) is 17.2. The van der Waals surface area contributed by atoms with E-state index in [9.17, 15) is 18.0 Å². The van der Waals surface area contributed by atoms with Crippen molar-refractivity contribution in [2.24, 2.45) is 0 Å². The molecule has 0 N–H and O–H groups in total. The summed E-state index contributed by atoms with van der Waals surface area (Å²) in [5.41, 5.74) is 4.04. The van der Waals surface area contributed by atoms with Gasteiger partial charge < -0.3 is 4.90 Å². The number of hydrogen-bond donors (Lipinski definition) is 0. The molecule has 0 saturated carbocycles. The molecule has 1 aromatic carbocycles. The van der Waals surface area contributed by atoms with Crippen LogP contribution in [0, 0.1) is 12.3 Å². The Morgan fingerprint density at radius 2 is 2.04 bits per heavy atom. The van der Waals surface area contributed by atoms with Crippen LogP contribution in [0.2, 0.25) is 5.02 Å². The standard InChI is InChI=1S/C14H11ClF3NO.C5H3N/c1-2-9-8-19(13(20)14(16,17)18)6-5-10-7-11(15)3-4-12(9)10;1-2-5-4(1)3-6-5/h1,3-4,7,9H,5-6,8H2;1-3H. The number of fused-ring (bicyclic) bond motifs is 2. The molecule has 2 aliphatic heterocycles. The smallest absolute Gasteiger partial charge is 0.333 e. The van der Waals surface area contributed by atoms with E-state index in [0.717, 1.165) is 16.0 Å². The second-order valence-corrected chi connectivity index (χ2v) is 6.43. The average molecular weight is 379 g/mol. The maximum absolute atomic E-state index is 12.5. The summed E-state index contributed by atoms with van der Waals surface area (Å²) in [7, 11) is 0. The molecule has 7 heteroatoms. The molecule has 3 aliphatic rings. The molecule has 1 aromatic rings. The molecule has 0 fully saturated rings. The van der Waals surface area contributed by atoms with Crippen LogP contribution in [0.1, 0.15) is 17.0 Å². The van der Waals surface area contributed by atoms with Crippen LogP contribution >= 0.6 is 11.6 Å². The highest BCUT2D eigenvalue weighted by Crippen LogP contribution is 2.29. The Kier molecular flexibility index (Phi) is 4.92. The number of amides is 1. The van der Waals surface area contributed by atoms with Gasteiger partial charge in [0.05, 0.1) is 11.6 Å². The molecule has 2 heterocycles. The summed E-state index contributed by atoms with van der Waals surface area (Å²) in [6.45, 7) is -0.159. The van der Waals surface area contributed by atoms with Crippen molar-refractivity contribution in [1.82, 2.24) is 9.88 Å². The lowest BCUT2D eigenvalue weighted by molar-refractivity contribution is -0.185. The summed E-state index contributed by atoms with van der Waals surface area (Å²) in [5, 5.41) is 0.495. The van der Waals surface area contributed by atoms with Gasteiger partial charge in [0.15, 0.2) is 0 Å². The largest absolute Gasteiger partial charge is 0.471 e. The van der Waals surface area contributed by atoms with Gasteiger partial charge in [-0.3, -0.25) is 9.78 Å². The van der Waals surface area contributed by atoms with E-state index in [2.05, 4.69) is 17.0 Å². The van der Waals surface area contributed by atoms with E-state index in [-0.39, 0.29) is 13.1 Å². The molecule has 1 atom stereocenters. The summed E-state index contributed by atoms with van der Waals surface area (Å²) in [4.78, 5) is 16.0. The minimum atomic E-state index is -4.88. The van der Waals surface area contributed by atoms with Crippen molar-refractivity contribution in [3.05, 3.63) is 52.7 Å². The number of benzene rings is 1. The molecule has 134 valence electrons. The first-order valence-corrected chi connectivity index (χ1v) is 8.24. The maximum Gasteiger partial charge on any atom is 0.471 e. The topological polar surface area (TPSA) is 33.2 Å². The summed E-state index contributed by atoms with van der Waals surface area (Å²) < 4.78 is 37.6. The second-order valence-electron chi connectivity index (χ2n) is 5.99. The van der Waals surface area contributed by atoms with Gasteiger partial charge in [-0.15, -0.1) is 6.42 Å². The lowest BCUT2D eigenvalue weighted by Gasteiger charge is -2.23. The predicted octanol–water partition coefficient (Wildman–Crippen LogP) is 4.07. The Balaban J connectivity index is 0.000000269. The van der Waals surface area contributed by atoms with E-state index in [1.165, 1.54) is 11.3 Å². The SMILES string of the molecule is C#CC1CN(C(=O)C(F)(F)F)CCc2cc(Cl)ccc21.c1cc2ncc1-2. The van der Waals surface area contributed by atoms with E-state index in [1.807, 2.05) is 12.3 Å². The molecule has 1 aliphatic carbocycles. The van der Waals surface area contributed by atoms with Crippen molar-refractivity contribution in [2.45, 2.75) is 18.5 Å². The molecular formula is C19H14ClF3N2O. The van der Waals surface area contributed by atoms with E-state index >= 15 is 0 Å². The van der Waals surface area contributed by atoms with Gasteiger partial charge in [0.2, 0.25) is 0 Å². The molecule has 0 radical (unpaired) electrons. The monoisotopic (exact) mass is 378 g/mol. The molecule has 0 saturated heterocycles. The minimum absolute atomic E-state index is 0.0239. The zero-order chi connectivity index (χ0) is 18.9. The van der Waals surface area contributed by atoms with Crippen LogP contribution in [-0.4, -0.2) is 35.1 Å². The Morgan fingerprint density at radius 3 is 2.50 bits per heavy atom. The Bertz CT molecular complexity index is 851. The van der Waals surface area contributed by atoms with Gasteiger partial charge >= 0.3 is 12.1 Å². The lowest BCUT2D eigenvalue weighted by atomic mass is 9.94. The fourth-order valence-corrected chi connectivity index (χ4v) is 3.05. The third-order valence-corrected chi connectivity index (χ3v) is 4.56. The minimum Gasteiger partial charge on any atom is -0.333 e. The average Bonchev–Trinajstić information content (AvgIpc) is 2.76. The maximum atomic E-state index is 12.5. The summed E-state index contributed by atoms with van der Waals surface area (Å²) in [6.07, 6.45) is 2.69. The van der Waals surface area contributed by atoms with Crippen LogP contribution in [-0.2, 0) is 11.2 Å². The van der Waals surface area contributed by atoms with Crippen molar-refractivity contribution in [3.63, 3.8) is 0 Å². The van der Waals surface area contributed by atoms with Gasteiger partial charge in [-0.05, 0) is 41.8 Å². The Labute approximate surface area is 153 Å². The molecule has 0 aromatic heterocycles. The first-order valence-electron chi connectivity index (χ1n) is 7.86. The molecule has 0 bridgehead atoms. The van der Waals surface area contributed by atoms with Crippen LogP contribution in [0.5, 0.6) is 0 Å². The number of hydrogen-bond acceptors (Lipinski definition) is 2. The van der Waals surface area contributed by atoms with Gasteiger partial charge in [0, 0.05) is 29.9 Å². The number of carbonyl (C=O) groups excluding carboxylic acids is 1. The summed E-state index contributed by atoms with van der Waals surface area (Å²) in [6, 6.07) is 9.11.